The van der Waals surface area contributed by atoms with Gasteiger partial charge in [-0.3, -0.25) is 14.2 Å². The number of amides is 1. The molecule has 0 spiro atoms. The topological polar surface area (TPSA) is 90.0 Å². The molecule has 0 bridgehead atoms. The second kappa shape index (κ2) is 6.41. The smallest absolute Gasteiger partial charge is 0.253 e. The van der Waals surface area contributed by atoms with E-state index in [2.05, 4.69) is 10.3 Å². The van der Waals surface area contributed by atoms with Crippen molar-refractivity contribution >= 4 is 28.9 Å². The minimum absolute atomic E-state index is 0.136. The molecule has 0 unspecified atom stereocenters. The Labute approximate surface area is 126 Å². The number of hydrogen-bond acceptors (Lipinski definition) is 4. The van der Waals surface area contributed by atoms with E-state index in [0.29, 0.717) is 22.1 Å². The zero-order valence-corrected chi connectivity index (χ0v) is 12.2. The minimum atomic E-state index is -0.253. The highest BCUT2D eigenvalue weighted by molar-refractivity contribution is 6.31. The number of rotatable bonds is 4. The van der Waals surface area contributed by atoms with Gasteiger partial charge in [0.2, 0.25) is 5.91 Å². The Kier molecular flexibility index (Phi) is 4.59. The molecule has 1 aromatic carbocycles. The van der Waals surface area contributed by atoms with Crippen LogP contribution in [0.15, 0.2) is 35.4 Å². The van der Waals surface area contributed by atoms with Crippen LogP contribution in [0.4, 0.5) is 11.4 Å². The van der Waals surface area contributed by atoms with Crippen LogP contribution in [0.1, 0.15) is 12.1 Å². The lowest BCUT2D eigenvalue weighted by Gasteiger charge is -2.09. The Morgan fingerprint density at radius 2 is 2.19 bits per heavy atom. The van der Waals surface area contributed by atoms with Crippen molar-refractivity contribution in [3.05, 3.63) is 51.7 Å². The lowest BCUT2D eigenvalue weighted by molar-refractivity contribution is -0.116. The van der Waals surface area contributed by atoms with Crippen LogP contribution in [0.25, 0.3) is 0 Å². The molecule has 0 fully saturated rings. The summed E-state index contributed by atoms with van der Waals surface area (Å²) in [5, 5.41) is 3.15. The van der Waals surface area contributed by atoms with Gasteiger partial charge >= 0.3 is 0 Å². The van der Waals surface area contributed by atoms with Crippen molar-refractivity contribution in [3.8, 4) is 0 Å². The first kappa shape index (κ1) is 15.1. The Morgan fingerprint density at radius 1 is 1.43 bits per heavy atom. The van der Waals surface area contributed by atoms with E-state index in [-0.39, 0.29) is 24.4 Å². The normalized spacial score (nSPS) is 10.4. The molecule has 1 amide bonds. The molecular weight excluding hydrogens is 292 g/mol. The van der Waals surface area contributed by atoms with Crippen molar-refractivity contribution in [2.75, 3.05) is 11.1 Å². The molecule has 0 aliphatic rings. The monoisotopic (exact) mass is 306 g/mol. The minimum Gasteiger partial charge on any atom is -0.397 e. The summed E-state index contributed by atoms with van der Waals surface area (Å²) in [4.78, 5) is 27.6. The highest BCUT2D eigenvalue weighted by Crippen LogP contribution is 2.22. The van der Waals surface area contributed by atoms with Gasteiger partial charge in [0.25, 0.3) is 5.56 Å². The number of anilines is 2. The van der Waals surface area contributed by atoms with Gasteiger partial charge in [0.05, 0.1) is 17.7 Å². The van der Waals surface area contributed by atoms with Crippen molar-refractivity contribution in [2.45, 2.75) is 19.9 Å². The molecule has 1 aromatic heterocycles. The molecule has 1 heterocycles. The zero-order chi connectivity index (χ0) is 15.4. The summed E-state index contributed by atoms with van der Waals surface area (Å²) in [6.45, 7) is 1.98. The van der Waals surface area contributed by atoms with Crippen LogP contribution >= 0.6 is 11.6 Å². The van der Waals surface area contributed by atoms with Gasteiger partial charge in [-0.25, -0.2) is 4.98 Å². The molecule has 2 aromatic rings. The maximum atomic E-state index is 11.9. The van der Waals surface area contributed by atoms with Gasteiger partial charge in [-0.15, -0.1) is 0 Å². The Morgan fingerprint density at radius 3 is 2.90 bits per heavy atom. The molecule has 0 radical (unpaired) electrons. The van der Waals surface area contributed by atoms with E-state index >= 15 is 0 Å². The molecule has 6 nitrogen and oxygen atoms in total. The van der Waals surface area contributed by atoms with Gasteiger partial charge in [0.15, 0.2) is 0 Å². The number of nitrogens with zero attached hydrogens (tertiary/aromatic N) is 2. The summed E-state index contributed by atoms with van der Waals surface area (Å²) >= 11 is 5.85. The number of aromatic nitrogens is 2. The number of benzene rings is 1. The number of nitrogens with two attached hydrogens (primary N) is 1. The van der Waals surface area contributed by atoms with E-state index in [0.717, 1.165) is 0 Å². The average Bonchev–Trinajstić information content (AvgIpc) is 2.42. The first-order valence-corrected chi connectivity index (χ1v) is 6.71. The second-order valence-electron chi connectivity index (χ2n) is 4.59. The van der Waals surface area contributed by atoms with Crippen LogP contribution in [0.2, 0.25) is 5.02 Å². The van der Waals surface area contributed by atoms with Gasteiger partial charge in [-0.1, -0.05) is 11.6 Å². The number of nitrogen functional groups attached to an aromatic ring is 1. The predicted molar refractivity (Wildman–Crippen MR) is 82.3 cm³/mol. The molecule has 110 valence electrons. The third-order valence-corrected chi connectivity index (χ3v) is 3.12. The highest BCUT2D eigenvalue weighted by atomic mass is 35.5. The molecule has 3 N–H and O–H groups in total. The summed E-state index contributed by atoms with van der Waals surface area (Å²) < 4.78 is 1.38. The number of carbonyl (C=O) groups excluding carboxylic acids is 1. The van der Waals surface area contributed by atoms with Crippen LogP contribution in [-0.2, 0) is 11.3 Å². The largest absolute Gasteiger partial charge is 0.397 e. The van der Waals surface area contributed by atoms with Crippen molar-refractivity contribution < 1.29 is 4.79 Å². The molecule has 7 heteroatoms. The van der Waals surface area contributed by atoms with E-state index in [1.807, 2.05) is 0 Å². The molecule has 0 aliphatic carbocycles. The summed E-state index contributed by atoms with van der Waals surface area (Å²) in [5.74, 6) is -0.253. The Bertz CT molecular complexity index is 727. The fourth-order valence-electron chi connectivity index (χ4n) is 1.76. The zero-order valence-electron chi connectivity index (χ0n) is 11.5. The lowest BCUT2D eigenvalue weighted by Crippen LogP contribution is -2.23. The quantitative estimate of drug-likeness (QED) is 0.843. The second-order valence-corrected chi connectivity index (χ2v) is 5.03. The maximum Gasteiger partial charge on any atom is 0.253 e. The van der Waals surface area contributed by atoms with Crippen LogP contribution in [-0.4, -0.2) is 15.5 Å². The standard InChI is InChI=1S/C14H15ClN4O2/c1-9-6-14(21)19(8-17-9)5-4-13(20)18-12-7-10(15)2-3-11(12)16/h2-3,6-8H,4-5,16H2,1H3,(H,18,20). The Hall–Kier alpha value is -2.34. The fraction of sp³-hybridized carbons (Fsp3) is 0.214. The fourth-order valence-corrected chi connectivity index (χ4v) is 1.93. The van der Waals surface area contributed by atoms with Gasteiger partial charge in [0, 0.05) is 29.7 Å². The lowest BCUT2D eigenvalue weighted by atomic mass is 10.2. The number of carbonyl (C=O) groups is 1. The highest BCUT2D eigenvalue weighted by Gasteiger charge is 2.07. The van der Waals surface area contributed by atoms with E-state index in [1.54, 1.807) is 25.1 Å². The number of halogens is 1. The molecule has 0 saturated carbocycles. The molecule has 0 atom stereocenters. The molecule has 0 saturated heterocycles. The summed E-state index contributed by atoms with van der Waals surface area (Å²) in [5.41, 5.74) is 7.10. The van der Waals surface area contributed by atoms with Gasteiger partial charge in [-0.2, -0.15) is 0 Å². The first-order chi connectivity index (χ1) is 9.95. The number of nitrogens with one attached hydrogen (secondary N) is 1. The van der Waals surface area contributed by atoms with Crippen LogP contribution in [0.3, 0.4) is 0 Å². The van der Waals surface area contributed by atoms with Crippen molar-refractivity contribution in [1.29, 1.82) is 0 Å². The Balaban J connectivity index is 1.99. The van der Waals surface area contributed by atoms with E-state index in [1.165, 1.54) is 17.0 Å². The molecular formula is C14H15ClN4O2. The van der Waals surface area contributed by atoms with E-state index in [9.17, 15) is 9.59 Å². The van der Waals surface area contributed by atoms with Gasteiger partial charge in [-0.05, 0) is 25.1 Å². The van der Waals surface area contributed by atoms with Crippen molar-refractivity contribution in [2.24, 2.45) is 0 Å². The van der Waals surface area contributed by atoms with Gasteiger partial charge in [0.1, 0.15) is 0 Å². The van der Waals surface area contributed by atoms with Crippen molar-refractivity contribution in [1.82, 2.24) is 9.55 Å². The summed E-state index contributed by atoms with van der Waals surface area (Å²) in [6.07, 6.45) is 1.56. The van der Waals surface area contributed by atoms with E-state index in [4.69, 9.17) is 17.3 Å². The molecule has 2 rings (SSSR count). The van der Waals surface area contributed by atoms with Crippen LogP contribution in [0, 0.1) is 6.92 Å². The molecule has 21 heavy (non-hydrogen) atoms. The first-order valence-electron chi connectivity index (χ1n) is 6.33. The number of aryl methyl sites for hydroxylation is 2. The predicted octanol–water partition coefficient (Wildman–Crippen LogP) is 1.82. The summed E-state index contributed by atoms with van der Waals surface area (Å²) in [7, 11) is 0. The SMILES string of the molecule is Cc1cc(=O)n(CCC(=O)Nc2cc(Cl)ccc2N)cn1. The van der Waals surface area contributed by atoms with E-state index < -0.39 is 0 Å². The average molecular weight is 307 g/mol. The third-order valence-electron chi connectivity index (χ3n) is 2.89. The number of hydrogen-bond donors (Lipinski definition) is 2. The van der Waals surface area contributed by atoms with Crippen LogP contribution < -0.4 is 16.6 Å². The molecule has 0 aliphatic heterocycles. The van der Waals surface area contributed by atoms with Gasteiger partial charge < -0.3 is 11.1 Å². The third kappa shape index (κ3) is 4.06. The maximum absolute atomic E-state index is 11.9. The summed E-state index contributed by atoms with van der Waals surface area (Å²) in [6, 6.07) is 6.26. The van der Waals surface area contributed by atoms with Crippen LogP contribution in [0.5, 0.6) is 0 Å². The van der Waals surface area contributed by atoms with Crippen molar-refractivity contribution in [3.63, 3.8) is 0 Å².